The minimum absolute atomic E-state index is 0.572. The summed E-state index contributed by atoms with van der Waals surface area (Å²) >= 11 is 0. The molecule has 0 saturated carbocycles. The van der Waals surface area contributed by atoms with Crippen LogP contribution in [-0.4, -0.2) is 153 Å². The van der Waals surface area contributed by atoms with Crippen molar-refractivity contribution in [3.8, 4) is 0 Å². The van der Waals surface area contributed by atoms with Gasteiger partial charge < -0.3 is 61.6 Å². The summed E-state index contributed by atoms with van der Waals surface area (Å²) in [5.74, 6) is -7.90. The highest BCUT2D eigenvalue weighted by molar-refractivity contribution is 5.70. The second-order valence-electron chi connectivity index (χ2n) is 13.3. The average Bonchev–Trinajstić information content (AvgIpc) is 3.09. The molecule has 332 valence electrons. The number of carbonyl (C=O) groups is 9. The largest absolute Gasteiger partial charge is 0.463 e. The fraction of sp³-hybridized carbons (Fsp3) is 0.743. The van der Waals surface area contributed by atoms with Crippen LogP contribution in [0.1, 0.15) is 69.2 Å². The number of hydrogen-bond donors (Lipinski definition) is 1. The predicted octanol–water partition coefficient (Wildman–Crippen LogP) is -1.26. The molecule has 14 atom stereocenters. The first-order valence-electron chi connectivity index (χ1n) is 18.1. The first kappa shape index (κ1) is 48.4. The molecule has 3 fully saturated rings. The van der Waals surface area contributed by atoms with Crippen molar-refractivity contribution < 1.29 is 110 Å². The third kappa shape index (κ3) is 14.3. The van der Waals surface area contributed by atoms with Gasteiger partial charge in [0.25, 0.3) is 0 Å². The van der Waals surface area contributed by atoms with E-state index in [0.717, 1.165) is 62.3 Å². The number of rotatable bonds is 15. The Morgan fingerprint density at radius 1 is 0.407 bits per heavy atom. The van der Waals surface area contributed by atoms with Crippen LogP contribution in [0.25, 0.3) is 0 Å². The van der Waals surface area contributed by atoms with Crippen LogP contribution in [0.3, 0.4) is 0 Å². The smallest absolute Gasteiger partial charge is 0.303 e. The van der Waals surface area contributed by atoms with E-state index in [-0.39, 0.29) is 0 Å². The zero-order valence-electron chi connectivity index (χ0n) is 33.9. The molecule has 3 rings (SSSR count). The van der Waals surface area contributed by atoms with E-state index < -0.39 is 153 Å². The lowest BCUT2D eigenvalue weighted by molar-refractivity contribution is -0.375. The van der Waals surface area contributed by atoms with Crippen LogP contribution in [0.5, 0.6) is 0 Å². The Bertz CT molecular complexity index is 1570. The lowest BCUT2D eigenvalue weighted by Crippen LogP contribution is -2.69. The molecule has 3 saturated heterocycles. The van der Waals surface area contributed by atoms with Gasteiger partial charge in [-0.2, -0.15) is 5.48 Å². The lowest BCUT2D eigenvalue weighted by atomic mass is 9.97. The fourth-order valence-corrected chi connectivity index (χ4v) is 6.27. The van der Waals surface area contributed by atoms with Crippen molar-refractivity contribution in [2.75, 3.05) is 13.2 Å². The molecule has 0 aromatic rings. The number of ether oxygens (including phenoxy) is 13. The lowest BCUT2D eigenvalue weighted by Gasteiger charge is -2.49. The van der Waals surface area contributed by atoms with Crippen LogP contribution >= 0.6 is 0 Å². The number of hydrogen-bond acceptors (Lipinski definition) is 24. The highest BCUT2D eigenvalue weighted by atomic mass is 16.8. The topological polar surface area (TPSA) is 295 Å². The molecular formula is C35H49NO23. The molecular weight excluding hydrogens is 802 g/mol. The summed E-state index contributed by atoms with van der Waals surface area (Å²) < 4.78 is 73.3. The molecule has 9 unspecified atom stereocenters. The van der Waals surface area contributed by atoms with Crippen molar-refractivity contribution in [2.45, 2.75) is 155 Å². The molecule has 0 bridgehead atoms. The van der Waals surface area contributed by atoms with Crippen LogP contribution in [0, 0.1) is 0 Å². The standard InChI is InChI=1S/C35H49NO23/c1-13-25(49-16(4)39)28(52-19(7)42)31(54-21(9)44)34(48-13)58-33-30(27(51-18(6)41)24(59-36-33)12-47-15(3)38)57-35-32(55-22(10)45)29(53-20(8)43)26(50-17(5)40)23(56-35)11-46-14(2)37/h13,23-36H,11-12H2,1-10H3/t13?,23?,24?,25-,26+,27+,28?,29?,30?,31?,32?,33?,34-,35-/m0/s1. The van der Waals surface area contributed by atoms with E-state index in [9.17, 15) is 43.2 Å². The Kier molecular flexibility index (Phi) is 17.9. The summed E-state index contributed by atoms with van der Waals surface area (Å²) in [6, 6.07) is 0. The van der Waals surface area contributed by atoms with E-state index >= 15 is 0 Å². The summed E-state index contributed by atoms with van der Waals surface area (Å²) in [4.78, 5) is 116. The maximum Gasteiger partial charge on any atom is 0.303 e. The van der Waals surface area contributed by atoms with Gasteiger partial charge in [-0.1, -0.05) is 0 Å². The van der Waals surface area contributed by atoms with Crippen molar-refractivity contribution in [2.24, 2.45) is 0 Å². The summed E-state index contributed by atoms with van der Waals surface area (Å²) in [6.45, 7) is 9.58. The van der Waals surface area contributed by atoms with Crippen LogP contribution in [0.4, 0.5) is 0 Å². The van der Waals surface area contributed by atoms with Crippen LogP contribution < -0.4 is 5.48 Å². The van der Waals surface area contributed by atoms with Gasteiger partial charge in [-0.3, -0.25) is 48.0 Å². The van der Waals surface area contributed by atoms with Gasteiger partial charge in [-0.05, 0) is 6.92 Å². The summed E-state index contributed by atoms with van der Waals surface area (Å²) in [6.07, 6.45) is -22.4. The second-order valence-corrected chi connectivity index (χ2v) is 13.3. The first-order valence-corrected chi connectivity index (χ1v) is 18.1. The van der Waals surface area contributed by atoms with Gasteiger partial charge in [-0.25, -0.2) is 0 Å². The van der Waals surface area contributed by atoms with Gasteiger partial charge in [0.15, 0.2) is 61.3 Å². The third-order valence-electron chi connectivity index (χ3n) is 8.23. The SMILES string of the molecule is CC(=O)OCC1ONC(O[C@@H]2OC(C)[C@H](OC(C)=O)C(OC(C)=O)C2OC(C)=O)C(O[C@@H]2OC(COC(C)=O)[C@@H](OC(C)=O)C(OC(C)=O)C2OC(C)=O)[C@@H]1OC(C)=O. The zero-order chi connectivity index (χ0) is 44.3. The van der Waals surface area contributed by atoms with Gasteiger partial charge in [0.1, 0.15) is 25.4 Å². The number of nitrogens with one attached hydrogen (secondary N) is 1. The minimum Gasteiger partial charge on any atom is -0.463 e. The van der Waals surface area contributed by atoms with E-state index in [1.807, 2.05) is 0 Å². The molecule has 24 heteroatoms. The molecule has 0 spiro atoms. The van der Waals surface area contributed by atoms with Crippen molar-refractivity contribution >= 4 is 53.7 Å². The maximum absolute atomic E-state index is 12.6. The molecule has 0 aromatic heterocycles. The van der Waals surface area contributed by atoms with Crippen molar-refractivity contribution in [3.63, 3.8) is 0 Å². The molecule has 3 aliphatic rings. The van der Waals surface area contributed by atoms with Gasteiger partial charge in [0.2, 0.25) is 6.29 Å². The van der Waals surface area contributed by atoms with Crippen molar-refractivity contribution in [3.05, 3.63) is 0 Å². The Morgan fingerprint density at radius 2 is 0.763 bits per heavy atom. The predicted molar refractivity (Wildman–Crippen MR) is 183 cm³/mol. The summed E-state index contributed by atoms with van der Waals surface area (Å²) in [7, 11) is 0. The van der Waals surface area contributed by atoms with Crippen molar-refractivity contribution in [1.29, 1.82) is 0 Å². The molecule has 0 amide bonds. The fourth-order valence-electron chi connectivity index (χ4n) is 6.27. The number of hydroxylamine groups is 1. The maximum atomic E-state index is 12.6. The van der Waals surface area contributed by atoms with Crippen LogP contribution in [0.2, 0.25) is 0 Å². The second kappa shape index (κ2) is 21.8. The van der Waals surface area contributed by atoms with Gasteiger partial charge in [0.05, 0.1) is 6.10 Å². The molecule has 0 radical (unpaired) electrons. The monoisotopic (exact) mass is 851 g/mol. The number of esters is 9. The zero-order valence-corrected chi connectivity index (χ0v) is 33.9. The average molecular weight is 852 g/mol. The highest BCUT2D eigenvalue weighted by Gasteiger charge is 2.58. The molecule has 59 heavy (non-hydrogen) atoms. The van der Waals surface area contributed by atoms with E-state index in [1.54, 1.807) is 0 Å². The molecule has 0 aliphatic carbocycles. The molecule has 0 aromatic carbocycles. The summed E-state index contributed by atoms with van der Waals surface area (Å²) in [5.41, 5.74) is 2.53. The molecule has 3 aliphatic heterocycles. The molecule has 1 N–H and O–H groups in total. The van der Waals surface area contributed by atoms with Gasteiger partial charge in [-0.15, -0.1) is 0 Å². The Balaban J connectivity index is 2.21. The van der Waals surface area contributed by atoms with E-state index in [4.69, 9.17) is 66.4 Å². The normalized spacial score (nSPS) is 32.8. The van der Waals surface area contributed by atoms with Crippen LogP contribution in [-0.2, 0) is 110 Å². The molecule has 24 nitrogen and oxygen atoms in total. The summed E-state index contributed by atoms with van der Waals surface area (Å²) in [5, 5.41) is 0. The Hall–Kier alpha value is -5.01. The number of carbonyl (C=O) groups excluding carboxylic acids is 9. The highest BCUT2D eigenvalue weighted by Crippen LogP contribution is 2.35. The van der Waals surface area contributed by atoms with Crippen molar-refractivity contribution in [1.82, 2.24) is 5.48 Å². The van der Waals surface area contributed by atoms with Gasteiger partial charge >= 0.3 is 53.7 Å². The first-order chi connectivity index (χ1) is 27.6. The minimum atomic E-state index is -1.91. The van der Waals surface area contributed by atoms with Gasteiger partial charge in [0, 0.05) is 62.3 Å². The molecule has 3 heterocycles. The van der Waals surface area contributed by atoms with E-state index in [0.29, 0.717) is 0 Å². The Labute approximate surface area is 337 Å². The third-order valence-corrected chi connectivity index (χ3v) is 8.23. The Morgan fingerprint density at radius 3 is 1.20 bits per heavy atom. The van der Waals surface area contributed by atoms with E-state index in [1.165, 1.54) is 6.92 Å². The van der Waals surface area contributed by atoms with E-state index in [2.05, 4.69) is 5.48 Å². The quantitative estimate of drug-likeness (QED) is 0.148. The van der Waals surface area contributed by atoms with Crippen LogP contribution in [0.15, 0.2) is 0 Å².